The van der Waals surface area contributed by atoms with Crippen LogP contribution in [0.5, 0.6) is 11.5 Å². The maximum absolute atomic E-state index is 12.9. The fourth-order valence-corrected chi connectivity index (χ4v) is 2.44. The second kappa shape index (κ2) is 5.80. The summed E-state index contributed by atoms with van der Waals surface area (Å²) in [5.74, 6) is 0.373. The maximum atomic E-state index is 12.9. The number of aromatic nitrogens is 4. The van der Waals surface area contributed by atoms with Gasteiger partial charge >= 0.3 is 6.18 Å². The minimum Gasteiger partial charge on any atom is -0.486 e. The van der Waals surface area contributed by atoms with E-state index in [4.69, 9.17) is 9.47 Å². The lowest BCUT2D eigenvalue weighted by Gasteiger charge is -2.26. The summed E-state index contributed by atoms with van der Waals surface area (Å²) in [6, 6.07) is 10.2. The maximum Gasteiger partial charge on any atom is 0.453 e. The predicted molar refractivity (Wildman–Crippen MR) is 80.6 cm³/mol. The molecule has 2 aromatic heterocycles. The van der Waals surface area contributed by atoms with Gasteiger partial charge in [-0.05, 0) is 24.3 Å². The number of rotatable bonds is 3. The van der Waals surface area contributed by atoms with Gasteiger partial charge < -0.3 is 14.8 Å². The monoisotopic (exact) mass is 351 g/mol. The van der Waals surface area contributed by atoms with Gasteiger partial charge in [-0.1, -0.05) is 12.1 Å². The summed E-state index contributed by atoms with van der Waals surface area (Å²) in [5.41, 5.74) is 0.0176. The van der Waals surface area contributed by atoms with Crippen LogP contribution in [0.4, 0.5) is 19.0 Å². The van der Waals surface area contributed by atoms with Gasteiger partial charge in [0.15, 0.2) is 17.1 Å². The van der Waals surface area contributed by atoms with Crippen LogP contribution in [0.1, 0.15) is 5.82 Å². The Kier molecular flexibility index (Phi) is 3.59. The summed E-state index contributed by atoms with van der Waals surface area (Å²) >= 11 is 0. The summed E-state index contributed by atoms with van der Waals surface area (Å²) in [4.78, 5) is 0. The lowest BCUT2D eigenvalue weighted by molar-refractivity contribution is -0.146. The number of hydrogen-bond acceptors (Lipinski definition) is 6. The number of halogens is 3. The van der Waals surface area contributed by atoms with E-state index in [1.807, 2.05) is 12.1 Å². The first-order valence-electron chi connectivity index (χ1n) is 7.43. The summed E-state index contributed by atoms with van der Waals surface area (Å²) in [6.45, 7) is 0.642. The largest absolute Gasteiger partial charge is 0.486 e. The van der Waals surface area contributed by atoms with Gasteiger partial charge in [-0.15, -0.1) is 15.3 Å². The number of nitrogens with zero attached hydrogens (tertiary/aromatic N) is 4. The van der Waals surface area contributed by atoms with Crippen LogP contribution in [-0.4, -0.2) is 39.1 Å². The van der Waals surface area contributed by atoms with E-state index in [-0.39, 0.29) is 17.6 Å². The zero-order chi connectivity index (χ0) is 17.4. The van der Waals surface area contributed by atoms with Gasteiger partial charge in [0.1, 0.15) is 18.5 Å². The zero-order valence-electron chi connectivity index (χ0n) is 12.7. The molecule has 1 N–H and O–H groups in total. The molecule has 0 bridgehead atoms. The molecule has 0 radical (unpaired) electrons. The van der Waals surface area contributed by atoms with E-state index in [2.05, 4.69) is 20.6 Å². The van der Waals surface area contributed by atoms with Crippen LogP contribution in [0.3, 0.4) is 0 Å². The normalized spacial score (nSPS) is 16.8. The Bertz CT molecular complexity index is 912. The third-order valence-electron chi connectivity index (χ3n) is 3.59. The summed E-state index contributed by atoms with van der Waals surface area (Å²) in [5, 5.41) is 13.4. The molecule has 0 saturated carbocycles. The van der Waals surface area contributed by atoms with E-state index in [0.717, 1.165) is 0 Å². The van der Waals surface area contributed by atoms with Gasteiger partial charge in [0.2, 0.25) is 0 Å². The van der Waals surface area contributed by atoms with E-state index in [1.165, 1.54) is 12.1 Å². The fraction of sp³-hybridized carbons (Fsp3) is 0.267. The van der Waals surface area contributed by atoms with Crippen molar-refractivity contribution in [2.24, 2.45) is 0 Å². The highest BCUT2D eigenvalue weighted by Gasteiger charge is 2.37. The lowest BCUT2D eigenvalue weighted by atomic mass is 10.2. The Balaban J connectivity index is 1.48. The van der Waals surface area contributed by atoms with Crippen molar-refractivity contribution < 1.29 is 22.6 Å². The van der Waals surface area contributed by atoms with Gasteiger partial charge in [-0.2, -0.15) is 17.7 Å². The number of benzene rings is 1. The number of nitrogens with one attached hydrogen (secondary N) is 1. The molecule has 1 aliphatic rings. The number of ether oxygens (including phenoxy) is 2. The molecule has 25 heavy (non-hydrogen) atoms. The summed E-state index contributed by atoms with van der Waals surface area (Å²) in [7, 11) is 0. The molecule has 0 saturated heterocycles. The highest BCUT2D eigenvalue weighted by molar-refractivity contribution is 5.45. The summed E-state index contributed by atoms with van der Waals surface area (Å²) < 4.78 is 50.7. The fourth-order valence-electron chi connectivity index (χ4n) is 2.44. The third kappa shape index (κ3) is 3.02. The van der Waals surface area contributed by atoms with Crippen molar-refractivity contribution in [2.45, 2.75) is 12.3 Å². The standard InChI is InChI=1S/C15H12F3N5O2/c16-15(17,18)14-21-20-13-6-5-12(22-23(13)14)19-7-9-8-24-10-3-1-2-4-11(10)25-9/h1-6,9H,7-8H2,(H,19,22)/t9-/m1/s1. The van der Waals surface area contributed by atoms with Crippen molar-refractivity contribution in [2.75, 3.05) is 18.5 Å². The molecule has 0 amide bonds. The molecule has 1 atom stereocenters. The van der Waals surface area contributed by atoms with E-state index < -0.39 is 12.0 Å². The quantitative estimate of drug-likeness (QED) is 0.781. The first-order chi connectivity index (χ1) is 12.0. The molecule has 3 aromatic rings. The van der Waals surface area contributed by atoms with Crippen molar-refractivity contribution in [1.29, 1.82) is 0 Å². The number of alkyl halides is 3. The Morgan fingerprint density at radius 1 is 1.12 bits per heavy atom. The highest BCUT2D eigenvalue weighted by Crippen LogP contribution is 2.31. The second-order valence-electron chi connectivity index (χ2n) is 5.39. The topological polar surface area (TPSA) is 73.6 Å². The molecule has 130 valence electrons. The average Bonchev–Trinajstić information content (AvgIpc) is 3.03. The summed E-state index contributed by atoms with van der Waals surface area (Å²) in [6.07, 6.45) is -4.93. The molecular formula is C15H12F3N5O2. The molecule has 0 fully saturated rings. The smallest absolute Gasteiger partial charge is 0.453 e. The Labute approximate surface area is 139 Å². The van der Waals surface area contributed by atoms with E-state index in [9.17, 15) is 13.2 Å². The minimum absolute atomic E-state index is 0.0176. The van der Waals surface area contributed by atoms with Gasteiger partial charge in [-0.3, -0.25) is 0 Å². The molecular weight excluding hydrogens is 339 g/mol. The molecule has 10 heteroatoms. The third-order valence-corrected chi connectivity index (χ3v) is 3.59. The number of fused-ring (bicyclic) bond motifs is 2. The molecule has 0 spiro atoms. The second-order valence-corrected chi connectivity index (χ2v) is 5.39. The predicted octanol–water partition coefficient (Wildman–Crippen LogP) is 2.39. The number of hydrogen-bond donors (Lipinski definition) is 1. The van der Waals surface area contributed by atoms with Gasteiger partial charge in [0.05, 0.1) is 6.54 Å². The molecule has 1 aromatic carbocycles. The molecule has 7 nitrogen and oxygen atoms in total. The van der Waals surface area contributed by atoms with Crippen LogP contribution in [0.2, 0.25) is 0 Å². The number of anilines is 1. The molecule has 1 aliphatic heterocycles. The van der Waals surface area contributed by atoms with Crippen molar-refractivity contribution in [3.63, 3.8) is 0 Å². The van der Waals surface area contributed by atoms with Crippen molar-refractivity contribution >= 4 is 11.5 Å². The average molecular weight is 351 g/mol. The van der Waals surface area contributed by atoms with Crippen LogP contribution in [0.15, 0.2) is 36.4 Å². The van der Waals surface area contributed by atoms with E-state index >= 15 is 0 Å². The Hall–Kier alpha value is -3.04. The van der Waals surface area contributed by atoms with Crippen LogP contribution in [0, 0.1) is 0 Å². The SMILES string of the molecule is FC(F)(F)c1nnc2ccc(NC[C@@H]3COc4ccccc4O3)nn12. The van der Waals surface area contributed by atoms with Crippen LogP contribution < -0.4 is 14.8 Å². The highest BCUT2D eigenvalue weighted by atomic mass is 19.4. The van der Waals surface area contributed by atoms with Gasteiger partial charge in [0, 0.05) is 0 Å². The van der Waals surface area contributed by atoms with Crippen LogP contribution >= 0.6 is 0 Å². The van der Waals surface area contributed by atoms with Gasteiger partial charge in [-0.25, -0.2) is 0 Å². The number of para-hydroxylation sites is 2. The van der Waals surface area contributed by atoms with E-state index in [1.54, 1.807) is 12.1 Å². The van der Waals surface area contributed by atoms with Crippen LogP contribution in [-0.2, 0) is 6.18 Å². The first kappa shape index (κ1) is 15.5. The van der Waals surface area contributed by atoms with Crippen molar-refractivity contribution in [3.8, 4) is 11.5 Å². The molecule has 0 unspecified atom stereocenters. The van der Waals surface area contributed by atoms with E-state index in [0.29, 0.717) is 29.2 Å². The molecule has 0 aliphatic carbocycles. The zero-order valence-corrected chi connectivity index (χ0v) is 12.7. The Morgan fingerprint density at radius 3 is 2.72 bits per heavy atom. The van der Waals surface area contributed by atoms with Crippen molar-refractivity contribution in [3.05, 3.63) is 42.2 Å². The first-order valence-corrected chi connectivity index (χ1v) is 7.43. The van der Waals surface area contributed by atoms with Crippen molar-refractivity contribution in [1.82, 2.24) is 19.8 Å². The van der Waals surface area contributed by atoms with Gasteiger partial charge in [0.25, 0.3) is 5.82 Å². The molecule has 4 rings (SSSR count). The molecule has 3 heterocycles. The minimum atomic E-state index is -4.63. The lowest BCUT2D eigenvalue weighted by Crippen LogP contribution is -2.35. The Morgan fingerprint density at radius 2 is 1.92 bits per heavy atom. The van der Waals surface area contributed by atoms with Crippen LogP contribution in [0.25, 0.3) is 5.65 Å².